The summed E-state index contributed by atoms with van der Waals surface area (Å²) in [6.45, 7) is 0.623. The van der Waals surface area contributed by atoms with Gasteiger partial charge in [0.15, 0.2) is 29.0 Å². The first-order valence-electron chi connectivity index (χ1n) is 9.07. The van der Waals surface area contributed by atoms with Gasteiger partial charge in [0, 0.05) is 24.7 Å². The highest BCUT2D eigenvalue weighted by molar-refractivity contribution is 5.95. The Hall–Kier alpha value is -3.23. The van der Waals surface area contributed by atoms with Crippen LogP contribution in [0.2, 0.25) is 0 Å². The molecule has 1 fully saturated rings. The molecule has 0 spiro atoms. The quantitative estimate of drug-likeness (QED) is 0.796. The molecular formula is C20H17F3N2O4. The van der Waals surface area contributed by atoms with Crippen molar-refractivity contribution in [1.82, 2.24) is 10.2 Å². The van der Waals surface area contributed by atoms with Crippen LogP contribution in [0.15, 0.2) is 30.3 Å². The first-order chi connectivity index (χ1) is 13.9. The number of likely N-dealkylation sites (tertiary alicyclic amines) is 1. The van der Waals surface area contributed by atoms with Gasteiger partial charge in [0.05, 0.1) is 5.56 Å². The molecule has 0 saturated carbocycles. The first-order valence-corrected chi connectivity index (χ1v) is 9.07. The summed E-state index contributed by atoms with van der Waals surface area (Å²) in [6.07, 6.45) is 0.903. The van der Waals surface area contributed by atoms with Crippen molar-refractivity contribution in [2.75, 3.05) is 19.9 Å². The molecule has 0 aromatic heterocycles. The third-order valence-corrected chi connectivity index (χ3v) is 5.02. The summed E-state index contributed by atoms with van der Waals surface area (Å²) < 4.78 is 50.8. The average Bonchev–Trinajstić information content (AvgIpc) is 3.20. The third kappa shape index (κ3) is 3.72. The molecule has 2 amide bonds. The number of ether oxygens (including phenoxy) is 2. The lowest BCUT2D eigenvalue weighted by molar-refractivity contribution is 0.0692. The van der Waals surface area contributed by atoms with Crippen molar-refractivity contribution in [2.24, 2.45) is 0 Å². The Kier molecular flexibility index (Phi) is 5.04. The maximum absolute atomic E-state index is 13.9. The summed E-state index contributed by atoms with van der Waals surface area (Å²) >= 11 is 0. The summed E-state index contributed by atoms with van der Waals surface area (Å²) in [5, 5.41) is 2.90. The van der Waals surface area contributed by atoms with Gasteiger partial charge in [0.1, 0.15) is 0 Å². The topological polar surface area (TPSA) is 67.9 Å². The number of fused-ring (bicyclic) bond motifs is 1. The molecule has 29 heavy (non-hydrogen) atoms. The number of carbonyl (C=O) groups is 2. The average molecular weight is 406 g/mol. The molecule has 1 N–H and O–H groups in total. The Morgan fingerprint density at radius 3 is 2.45 bits per heavy atom. The fourth-order valence-electron chi connectivity index (χ4n) is 3.39. The minimum absolute atomic E-state index is 0.117. The molecule has 152 valence electrons. The van der Waals surface area contributed by atoms with Gasteiger partial charge in [0.2, 0.25) is 6.79 Å². The molecule has 0 aliphatic carbocycles. The van der Waals surface area contributed by atoms with Gasteiger partial charge in [-0.05, 0) is 43.2 Å². The van der Waals surface area contributed by atoms with Crippen LogP contribution >= 0.6 is 0 Å². The Morgan fingerprint density at radius 1 is 0.966 bits per heavy atom. The summed E-state index contributed by atoms with van der Waals surface area (Å²) in [5.74, 6) is -4.40. The van der Waals surface area contributed by atoms with Crippen molar-refractivity contribution < 1.29 is 32.2 Å². The number of nitrogens with zero attached hydrogens (tertiary/aromatic N) is 1. The number of nitrogens with one attached hydrogen (secondary N) is 1. The maximum Gasteiger partial charge on any atom is 0.256 e. The predicted octanol–water partition coefficient (Wildman–Crippen LogP) is 2.87. The number of benzene rings is 2. The second-order valence-corrected chi connectivity index (χ2v) is 6.83. The zero-order chi connectivity index (χ0) is 20.5. The highest BCUT2D eigenvalue weighted by atomic mass is 19.2. The van der Waals surface area contributed by atoms with E-state index in [-0.39, 0.29) is 31.8 Å². The van der Waals surface area contributed by atoms with Crippen molar-refractivity contribution in [3.63, 3.8) is 0 Å². The van der Waals surface area contributed by atoms with Crippen LogP contribution < -0.4 is 14.8 Å². The van der Waals surface area contributed by atoms with E-state index in [2.05, 4.69) is 5.32 Å². The Balaban J connectivity index is 1.35. The number of halogens is 3. The molecule has 6 nitrogen and oxygen atoms in total. The highest BCUT2D eigenvalue weighted by Crippen LogP contribution is 2.32. The molecule has 1 saturated heterocycles. The maximum atomic E-state index is 13.9. The smallest absolute Gasteiger partial charge is 0.256 e. The van der Waals surface area contributed by atoms with E-state index in [0.717, 1.165) is 12.1 Å². The van der Waals surface area contributed by atoms with Crippen molar-refractivity contribution in [3.8, 4) is 11.5 Å². The van der Waals surface area contributed by atoms with Gasteiger partial charge >= 0.3 is 0 Å². The van der Waals surface area contributed by atoms with E-state index in [0.29, 0.717) is 29.9 Å². The monoisotopic (exact) mass is 406 g/mol. The van der Waals surface area contributed by atoms with Crippen LogP contribution in [-0.2, 0) is 0 Å². The van der Waals surface area contributed by atoms with E-state index >= 15 is 0 Å². The van der Waals surface area contributed by atoms with Crippen LogP contribution in [0, 0.1) is 17.5 Å². The van der Waals surface area contributed by atoms with Crippen molar-refractivity contribution in [2.45, 2.75) is 18.9 Å². The van der Waals surface area contributed by atoms with Crippen LogP contribution in [-0.4, -0.2) is 42.6 Å². The van der Waals surface area contributed by atoms with E-state index in [9.17, 15) is 22.8 Å². The number of piperidine rings is 1. The minimum Gasteiger partial charge on any atom is -0.454 e. The molecule has 0 radical (unpaired) electrons. The van der Waals surface area contributed by atoms with Gasteiger partial charge in [-0.2, -0.15) is 0 Å². The highest BCUT2D eigenvalue weighted by Gasteiger charge is 2.28. The molecule has 9 heteroatoms. The lowest BCUT2D eigenvalue weighted by Gasteiger charge is -2.32. The molecule has 2 aromatic rings. The Labute approximate surface area is 164 Å². The molecule has 2 aliphatic rings. The standard InChI is InChI=1S/C20H17F3N2O4/c21-14-3-2-13(17(22)18(14)23)20(27)25-7-5-12(6-8-25)24-19(26)11-1-4-15-16(9-11)29-10-28-15/h1-4,9,12H,5-8,10H2,(H,24,26). The van der Waals surface area contributed by atoms with Crippen molar-refractivity contribution in [1.29, 1.82) is 0 Å². The van der Waals surface area contributed by atoms with Crippen LogP contribution in [0.25, 0.3) is 0 Å². The normalized spacial score (nSPS) is 16.0. The van der Waals surface area contributed by atoms with Gasteiger partial charge in [0.25, 0.3) is 11.8 Å². The molecule has 0 unspecified atom stereocenters. The van der Waals surface area contributed by atoms with Crippen LogP contribution in [0.1, 0.15) is 33.6 Å². The first kappa shape index (κ1) is 19.1. The molecule has 0 bridgehead atoms. The van der Waals surface area contributed by atoms with E-state index < -0.39 is 28.9 Å². The van der Waals surface area contributed by atoms with Crippen molar-refractivity contribution >= 4 is 11.8 Å². The zero-order valence-corrected chi connectivity index (χ0v) is 15.2. The van der Waals surface area contributed by atoms with Gasteiger partial charge in [-0.15, -0.1) is 0 Å². The number of hydrogen-bond acceptors (Lipinski definition) is 4. The SMILES string of the molecule is O=C(NC1CCN(C(=O)c2ccc(F)c(F)c2F)CC1)c1ccc2c(c1)OCO2. The summed E-state index contributed by atoms with van der Waals surface area (Å²) in [6, 6.07) is 6.38. The Morgan fingerprint density at radius 2 is 1.69 bits per heavy atom. The van der Waals surface area contributed by atoms with E-state index in [1.165, 1.54) is 4.90 Å². The van der Waals surface area contributed by atoms with Crippen molar-refractivity contribution in [3.05, 3.63) is 58.9 Å². The third-order valence-electron chi connectivity index (χ3n) is 5.02. The van der Waals surface area contributed by atoms with Gasteiger partial charge in [-0.25, -0.2) is 13.2 Å². The lowest BCUT2D eigenvalue weighted by atomic mass is 10.0. The van der Waals surface area contributed by atoms with E-state index in [4.69, 9.17) is 9.47 Å². The number of rotatable bonds is 3. The predicted molar refractivity (Wildman–Crippen MR) is 95.3 cm³/mol. The minimum atomic E-state index is -1.67. The second kappa shape index (κ2) is 7.65. The molecule has 0 atom stereocenters. The Bertz CT molecular complexity index is 974. The second-order valence-electron chi connectivity index (χ2n) is 6.83. The lowest BCUT2D eigenvalue weighted by Crippen LogP contribution is -2.46. The number of carbonyl (C=O) groups excluding carboxylic acids is 2. The molecule has 4 rings (SSSR count). The molecular weight excluding hydrogens is 389 g/mol. The van der Waals surface area contributed by atoms with Gasteiger partial charge < -0.3 is 19.7 Å². The van der Waals surface area contributed by atoms with E-state index in [1.54, 1.807) is 18.2 Å². The molecule has 2 heterocycles. The zero-order valence-electron chi connectivity index (χ0n) is 15.2. The van der Waals surface area contributed by atoms with E-state index in [1.807, 2.05) is 0 Å². The van der Waals surface area contributed by atoms with Gasteiger partial charge in [-0.3, -0.25) is 9.59 Å². The largest absolute Gasteiger partial charge is 0.454 e. The summed E-state index contributed by atoms with van der Waals surface area (Å²) in [4.78, 5) is 26.2. The fourth-order valence-corrected chi connectivity index (χ4v) is 3.39. The number of amides is 2. The number of hydrogen-bond donors (Lipinski definition) is 1. The van der Waals surface area contributed by atoms with Crippen LogP contribution in [0.5, 0.6) is 11.5 Å². The summed E-state index contributed by atoms with van der Waals surface area (Å²) in [7, 11) is 0. The molecule has 2 aromatic carbocycles. The van der Waals surface area contributed by atoms with Crippen LogP contribution in [0.3, 0.4) is 0 Å². The molecule has 2 aliphatic heterocycles. The fraction of sp³-hybridized carbons (Fsp3) is 0.300. The summed E-state index contributed by atoms with van der Waals surface area (Å²) in [5.41, 5.74) is -0.0802. The van der Waals surface area contributed by atoms with Gasteiger partial charge in [-0.1, -0.05) is 0 Å². The van der Waals surface area contributed by atoms with Crippen LogP contribution in [0.4, 0.5) is 13.2 Å².